The molecule has 0 aromatic heterocycles. The van der Waals surface area contributed by atoms with E-state index in [4.69, 9.17) is 9.47 Å². The lowest BCUT2D eigenvalue weighted by molar-refractivity contribution is -0.330. The molecule has 0 spiro atoms. The number of ether oxygens (including phenoxy) is 2. The molecule has 0 aliphatic carbocycles. The van der Waals surface area contributed by atoms with E-state index < -0.39 is 45.9 Å². The van der Waals surface area contributed by atoms with E-state index in [0.29, 0.717) is 25.3 Å². The number of amides is 3. The minimum atomic E-state index is -1.77. The third kappa shape index (κ3) is 5.77. The Morgan fingerprint density at radius 2 is 1.32 bits per heavy atom. The van der Waals surface area contributed by atoms with Gasteiger partial charge in [-0.25, -0.2) is 0 Å². The SMILES string of the molecule is C=C1C(CC(C)C)N2C(=O)C(C(C)C)(C(C)(C)C)OC2(O)C2CCCN12.CC(C)(C)C1(C)OC2(O)C3CCCN3C(=O)C(Cc3ccccc3)N2C1=O. The number of fused-ring (bicyclic) bond motifs is 6. The zero-order valence-electron chi connectivity index (χ0n) is 33.9. The minimum absolute atomic E-state index is 0.0487. The second-order valence-electron chi connectivity index (χ2n) is 19.2. The fourth-order valence-electron chi connectivity index (χ4n) is 10.1. The Balaban J connectivity index is 0.000000182. The first-order chi connectivity index (χ1) is 24.5. The van der Waals surface area contributed by atoms with Crippen LogP contribution in [0.25, 0.3) is 0 Å². The molecular weight excluding hydrogens is 672 g/mol. The molecule has 0 radical (unpaired) electrons. The molecule has 11 heteroatoms. The Morgan fingerprint density at radius 3 is 1.85 bits per heavy atom. The van der Waals surface area contributed by atoms with E-state index in [9.17, 15) is 24.6 Å². The van der Waals surface area contributed by atoms with Gasteiger partial charge in [0.05, 0.1) is 6.04 Å². The number of aliphatic hydroxyl groups is 2. The topological polar surface area (TPSA) is 123 Å². The fourth-order valence-corrected chi connectivity index (χ4v) is 10.1. The Hall–Kier alpha value is -2.99. The average Bonchev–Trinajstić information content (AvgIpc) is 3.83. The van der Waals surface area contributed by atoms with E-state index in [2.05, 4.69) is 25.3 Å². The van der Waals surface area contributed by atoms with Gasteiger partial charge >= 0.3 is 0 Å². The second-order valence-corrected chi connectivity index (χ2v) is 19.2. The van der Waals surface area contributed by atoms with E-state index in [1.165, 1.54) is 4.90 Å². The van der Waals surface area contributed by atoms with Gasteiger partial charge < -0.3 is 29.5 Å². The lowest BCUT2D eigenvalue weighted by Crippen LogP contribution is -2.71. The molecule has 6 heterocycles. The van der Waals surface area contributed by atoms with Crippen molar-refractivity contribution in [2.45, 2.75) is 162 Å². The molecule has 0 saturated carbocycles. The molecule has 6 saturated heterocycles. The van der Waals surface area contributed by atoms with Crippen LogP contribution in [0.4, 0.5) is 0 Å². The Kier molecular flexibility index (Phi) is 9.78. The van der Waals surface area contributed by atoms with Gasteiger partial charge in [-0.05, 0) is 61.8 Å². The van der Waals surface area contributed by atoms with Crippen LogP contribution in [0.1, 0.15) is 114 Å². The summed E-state index contributed by atoms with van der Waals surface area (Å²) in [5.74, 6) is -3.50. The summed E-state index contributed by atoms with van der Waals surface area (Å²) < 4.78 is 12.7. The molecule has 294 valence electrons. The first-order valence-corrected chi connectivity index (χ1v) is 19.8. The van der Waals surface area contributed by atoms with E-state index in [0.717, 1.165) is 43.5 Å². The number of piperazine rings is 2. The van der Waals surface area contributed by atoms with Crippen molar-refractivity contribution in [3.63, 3.8) is 0 Å². The van der Waals surface area contributed by atoms with Gasteiger partial charge in [-0.2, -0.15) is 0 Å². The van der Waals surface area contributed by atoms with Crippen molar-refractivity contribution in [3.05, 3.63) is 48.2 Å². The normalized spacial score (nSPS) is 37.0. The van der Waals surface area contributed by atoms with Crippen LogP contribution in [0.5, 0.6) is 0 Å². The van der Waals surface area contributed by atoms with E-state index in [1.54, 1.807) is 16.7 Å². The molecule has 1 aromatic rings. The number of rotatable bonds is 5. The predicted molar refractivity (Wildman–Crippen MR) is 201 cm³/mol. The largest absolute Gasteiger partial charge is 0.363 e. The molecule has 8 unspecified atom stereocenters. The molecular formula is C42H64N4O7. The maximum absolute atomic E-state index is 13.9. The van der Waals surface area contributed by atoms with Crippen LogP contribution in [-0.4, -0.2) is 108 Å². The molecule has 6 aliphatic rings. The number of nitrogens with zero attached hydrogens (tertiary/aromatic N) is 4. The smallest absolute Gasteiger partial charge is 0.274 e. The van der Waals surface area contributed by atoms with Crippen molar-refractivity contribution in [2.24, 2.45) is 22.7 Å². The Morgan fingerprint density at radius 1 is 0.792 bits per heavy atom. The Bertz CT molecular complexity index is 1620. The van der Waals surface area contributed by atoms with Gasteiger partial charge in [0.15, 0.2) is 11.2 Å². The van der Waals surface area contributed by atoms with Crippen molar-refractivity contribution in [2.75, 3.05) is 13.1 Å². The molecule has 53 heavy (non-hydrogen) atoms. The molecule has 0 bridgehead atoms. The van der Waals surface area contributed by atoms with Crippen molar-refractivity contribution < 1.29 is 34.1 Å². The number of carbonyl (C=O) groups is 3. The van der Waals surface area contributed by atoms with E-state index in [1.807, 2.05) is 85.7 Å². The van der Waals surface area contributed by atoms with E-state index >= 15 is 0 Å². The van der Waals surface area contributed by atoms with Crippen LogP contribution >= 0.6 is 0 Å². The zero-order chi connectivity index (χ0) is 39.3. The zero-order valence-corrected chi connectivity index (χ0v) is 33.9. The summed E-state index contributed by atoms with van der Waals surface area (Å²) in [6.45, 7) is 27.7. The number of hydrogen-bond acceptors (Lipinski definition) is 8. The Labute approximate surface area is 316 Å². The highest BCUT2D eigenvalue weighted by atomic mass is 16.7. The lowest BCUT2D eigenvalue weighted by Gasteiger charge is -2.52. The molecule has 6 aliphatic heterocycles. The van der Waals surface area contributed by atoms with Crippen LogP contribution < -0.4 is 0 Å². The minimum Gasteiger partial charge on any atom is -0.363 e. The number of carbonyl (C=O) groups excluding carboxylic acids is 3. The van der Waals surface area contributed by atoms with Crippen LogP contribution in [0.3, 0.4) is 0 Å². The molecule has 6 fully saturated rings. The highest BCUT2D eigenvalue weighted by Crippen LogP contribution is 2.56. The predicted octanol–water partition coefficient (Wildman–Crippen LogP) is 5.25. The van der Waals surface area contributed by atoms with E-state index in [-0.39, 0.29) is 35.7 Å². The summed E-state index contributed by atoms with van der Waals surface area (Å²) in [6.07, 6.45) is 4.36. The van der Waals surface area contributed by atoms with Gasteiger partial charge in [-0.3, -0.25) is 24.2 Å². The monoisotopic (exact) mass is 736 g/mol. The van der Waals surface area contributed by atoms with Gasteiger partial charge in [0.1, 0.15) is 18.1 Å². The summed E-state index contributed by atoms with van der Waals surface area (Å²) >= 11 is 0. The fraction of sp³-hybridized carbons (Fsp3) is 0.738. The standard InChI is InChI=1S/C21H28N2O4.C21H36N2O3/c1-19(2,3)20(4)18(25)23-15(13-14-9-6-5-7-10-14)17(24)22-12-8-11-16(22)21(23,26)27-20;1-13(2)12-16-15(5)22-11-9-10-17(22)21(25)23(16)18(24)20(26-21,14(3)4)19(6,7)8/h5-7,9-10,15-16,26H,8,11-13H2,1-4H3;13-14,16-17,25H,5,9-12H2,1-4,6-8H3. The van der Waals surface area contributed by atoms with Gasteiger partial charge in [-0.1, -0.05) is 106 Å². The lowest BCUT2D eigenvalue weighted by atomic mass is 9.69. The summed E-state index contributed by atoms with van der Waals surface area (Å²) in [4.78, 5) is 47.6. The summed E-state index contributed by atoms with van der Waals surface area (Å²) in [5.41, 5.74) is -1.30. The van der Waals surface area contributed by atoms with Crippen molar-refractivity contribution >= 4 is 17.7 Å². The quantitative estimate of drug-likeness (QED) is 0.421. The first-order valence-electron chi connectivity index (χ1n) is 19.8. The maximum Gasteiger partial charge on any atom is 0.274 e. The molecule has 3 amide bonds. The van der Waals surface area contributed by atoms with Gasteiger partial charge in [-0.15, -0.1) is 0 Å². The first kappa shape index (κ1) is 39.7. The molecule has 7 rings (SSSR count). The van der Waals surface area contributed by atoms with Crippen LogP contribution in [-0.2, 0) is 30.3 Å². The van der Waals surface area contributed by atoms with Gasteiger partial charge in [0.25, 0.3) is 23.6 Å². The highest BCUT2D eigenvalue weighted by molar-refractivity contribution is 5.95. The maximum atomic E-state index is 13.9. The van der Waals surface area contributed by atoms with Crippen molar-refractivity contribution in [3.8, 4) is 0 Å². The third-order valence-electron chi connectivity index (χ3n) is 13.2. The van der Waals surface area contributed by atoms with Crippen LogP contribution in [0.15, 0.2) is 42.6 Å². The molecule has 2 N–H and O–H groups in total. The van der Waals surface area contributed by atoms with Crippen molar-refractivity contribution in [1.29, 1.82) is 0 Å². The summed E-state index contributed by atoms with van der Waals surface area (Å²) in [5, 5.41) is 23.4. The second kappa shape index (κ2) is 13.1. The molecule has 11 nitrogen and oxygen atoms in total. The van der Waals surface area contributed by atoms with Crippen LogP contribution in [0.2, 0.25) is 0 Å². The average molecular weight is 737 g/mol. The number of hydrogen-bond donors (Lipinski definition) is 2. The molecule has 8 atom stereocenters. The summed E-state index contributed by atoms with van der Waals surface area (Å²) in [6, 6.07) is 7.90. The van der Waals surface area contributed by atoms with Crippen molar-refractivity contribution in [1.82, 2.24) is 19.6 Å². The number of benzene rings is 1. The van der Waals surface area contributed by atoms with Gasteiger partial charge in [0, 0.05) is 30.6 Å². The van der Waals surface area contributed by atoms with Crippen LogP contribution in [0, 0.1) is 22.7 Å². The summed E-state index contributed by atoms with van der Waals surface area (Å²) in [7, 11) is 0. The molecule has 1 aromatic carbocycles. The van der Waals surface area contributed by atoms with Gasteiger partial charge in [0.2, 0.25) is 5.91 Å². The third-order valence-corrected chi connectivity index (χ3v) is 13.2. The highest BCUT2D eigenvalue weighted by Gasteiger charge is 2.73.